The van der Waals surface area contributed by atoms with Crippen LogP contribution in [0.15, 0.2) is 35.1 Å². The Bertz CT molecular complexity index is 745. The summed E-state index contributed by atoms with van der Waals surface area (Å²) in [6.45, 7) is 0. The molecule has 0 bridgehead atoms. The van der Waals surface area contributed by atoms with Crippen LogP contribution < -0.4 is 10.3 Å². The number of pyridine rings is 1. The Kier molecular flexibility index (Phi) is 4.11. The highest BCUT2D eigenvalue weighted by molar-refractivity contribution is 6.30. The van der Waals surface area contributed by atoms with Gasteiger partial charge >= 0.3 is 0 Å². The van der Waals surface area contributed by atoms with Crippen LogP contribution in [0.4, 0.5) is 0 Å². The fourth-order valence-electron chi connectivity index (χ4n) is 2.06. The number of rotatable bonds is 3. The molecule has 0 N–H and O–H groups in total. The molecule has 0 spiro atoms. The van der Waals surface area contributed by atoms with Gasteiger partial charge in [0.25, 0.3) is 5.56 Å². The second-order valence-corrected chi connectivity index (χ2v) is 4.72. The van der Waals surface area contributed by atoms with E-state index in [-0.39, 0.29) is 12.0 Å². The number of nitriles is 1. The first kappa shape index (κ1) is 14.2. The molecule has 0 aliphatic rings. The van der Waals surface area contributed by atoms with Crippen LogP contribution in [0.1, 0.15) is 5.56 Å². The maximum absolute atomic E-state index is 12.2. The highest BCUT2D eigenvalue weighted by Gasteiger charge is 2.12. The molecule has 0 amide bonds. The summed E-state index contributed by atoms with van der Waals surface area (Å²) in [6.07, 6.45) is 0.0969. The molecule has 1 aromatic heterocycles. The van der Waals surface area contributed by atoms with Crippen molar-refractivity contribution in [3.05, 3.63) is 51.3 Å². The Labute approximate surface area is 121 Å². The fraction of sp³-hybridized carbons (Fsp3) is 0.200. The number of benzene rings is 1. The van der Waals surface area contributed by atoms with Gasteiger partial charge in [-0.15, -0.1) is 0 Å². The Morgan fingerprint density at radius 2 is 2.10 bits per heavy atom. The molecule has 5 heteroatoms. The molecule has 0 saturated carbocycles. The van der Waals surface area contributed by atoms with E-state index < -0.39 is 0 Å². The van der Waals surface area contributed by atoms with Gasteiger partial charge in [-0.05, 0) is 24.3 Å². The van der Waals surface area contributed by atoms with Crippen molar-refractivity contribution in [1.29, 1.82) is 5.26 Å². The van der Waals surface area contributed by atoms with E-state index in [2.05, 4.69) is 0 Å². The third-order valence-electron chi connectivity index (χ3n) is 3.09. The lowest BCUT2D eigenvalue weighted by Gasteiger charge is -2.13. The monoisotopic (exact) mass is 288 g/mol. The molecule has 0 saturated heterocycles. The molecule has 102 valence electrons. The molecule has 0 fully saturated rings. The van der Waals surface area contributed by atoms with Gasteiger partial charge in [0, 0.05) is 23.2 Å². The lowest BCUT2D eigenvalue weighted by molar-refractivity contribution is 0.416. The lowest BCUT2D eigenvalue weighted by Crippen LogP contribution is -2.22. The first-order chi connectivity index (χ1) is 9.58. The van der Waals surface area contributed by atoms with Crippen molar-refractivity contribution in [2.45, 2.75) is 6.42 Å². The van der Waals surface area contributed by atoms with Gasteiger partial charge < -0.3 is 9.30 Å². The van der Waals surface area contributed by atoms with Gasteiger partial charge in [-0.1, -0.05) is 17.7 Å². The van der Waals surface area contributed by atoms with Crippen molar-refractivity contribution in [2.24, 2.45) is 7.05 Å². The number of hydrogen-bond acceptors (Lipinski definition) is 3. The average Bonchev–Trinajstić information content (AvgIpc) is 2.44. The predicted molar refractivity (Wildman–Crippen MR) is 78.0 cm³/mol. The zero-order valence-corrected chi connectivity index (χ0v) is 11.9. The minimum atomic E-state index is -0.189. The summed E-state index contributed by atoms with van der Waals surface area (Å²) in [5.74, 6) is 0.637. The number of nitrogens with zero attached hydrogens (tertiary/aromatic N) is 2. The van der Waals surface area contributed by atoms with Crippen molar-refractivity contribution >= 4 is 11.6 Å². The minimum absolute atomic E-state index is 0.0969. The summed E-state index contributed by atoms with van der Waals surface area (Å²) in [5, 5.41) is 9.27. The smallest absolute Gasteiger partial charge is 0.255 e. The molecular formula is C15H13ClN2O2. The van der Waals surface area contributed by atoms with Crippen LogP contribution in [0.3, 0.4) is 0 Å². The molecule has 0 aliphatic heterocycles. The van der Waals surface area contributed by atoms with Crippen molar-refractivity contribution in [3.8, 4) is 23.1 Å². The van der Waals surface area contributed by atoms with E-state index in [1.807, 2.05) is 6.07 Å². The molecule has 0 radical (unpaired) electrons. The minimum Gasteiger partial charge on any atom is -0.496 e. The van der Waals surface area contributed by atoms with Crippen LogP contribution in [0.25, 0.3) is 11.3 Å². The van der Waals surface area contributed by atoms with Crippen LogP contribution >= 0.6 is 11.6 Å². The second-order valence-electron chi connectivity index (χ2n) is 4.29. The van der Waals surface area contributed by atoms with E-state index in [1.165, 1.54) is 4.57 Å². The first-order valence-electron chi connectivity index (χ1n) is 5.98. The third kappa shape index (κ3) is 2.54. The summed E-state index contributed by atoms with van der Waals surface area (Å²) < 4.78 is 6.80. The highest BCUT2D eigenvalue weighted by Crippen LogP contribution is 2.31. The number of aromatic nitrogens is 1. The van der Waals surface area contributed by atoms with Gasteiger partial charge in [0.15, 0.2) is 0 Å². The maximum Gasteiger partial charge on any atom is 0.255 e. The summed E-state index contributed by atoms with van der Waals surface area (Å²) in [6, 6.07) is 10.7. The zero-order chi connectivity index (χ0) is 14.7. The first-order valence-corrected chi connectivity index (χ1v) is 6.36. The molecule has 2 rings (SSSR count). The second kappa shape index (κ2) is 5.81. The normalized spacial score (nSPS) is 10.1. The van der Waals surface area contributed by atoms with Crippen molar-refractivity contribution in [1.82, 2.24) is 4.57 Å². The zero-order valence-electron chi connectivity index (χ0n) is 11.2. The van der Waals surface area contributed by atoms with Gasteiger partial charge in [-0.3, -0.25) is 4.79 Å². The molecular weight excluding hydrogens is 276 g/mol. The van der Waals surface area contributed by atoms with E-state index in [9.17, 15) is 4.79 Å². The van der Waals surface area contributed by atoms with E-state index >= 15 is 0 Å². The molecule has 0 unspecified atom stereocenters. The number of hydrogen-bond donors (Lipinski definition) is 0. The van der Waals surface area contributed by atoms with Crippen molar-refractivity contribution in [3.63, 3.8) is 0 Å². The molecule has 4 nitrogen and oxygen atoms in total. The quantitative estimate of drug-likeness (QED) is 0.872. The molecule has 2 aromatic rings. The van der Waals surface area contributed by atoms with Crippen LogP contribution in [-0.4, -0.2) is 11.7 Å². The molecule has 0 aliphatic carbocycles. The fourth-order valence-corrected chi connectivity index (χ4v) is 2.23. The molecule has 0 atom stereocenters. The van der Waals surface area contributed by atoms with E-state index in [0.717, 1.165) is 5.56 Å². The topological polar surface area (TPSA) is 55.0 Å². The SMILES string of the molecule is COc1ccc(Cl)cc1-c1ccc(CC#N)c(=O)n1C. The summed E-state index contributed by atoms with van der Waals surface area (Å²) in [4.78, 5) is 12.2. The van der Waals surface area contributed by atoms with E-state index in [1.54, 1.807) is 44.5 Å². The van der Waals surface area contributed by atoms with E-state index in [4.69, 9.17) is 21.6 Å². The van der Waals surface area contributed by atoms with Gasteiger partial charge in [-0.25, -0.2) is 0 Å². The number of ether oxygens (including phenoxy) is 1. The number of halogens is 1. The summed E-state index contributed by atoms with van der Waals surface area (Å²) in [7, 11) is 3.23. The summed E-state index contributed by atoms with van der Waals surface area (Å²) in [5.41, 5.74) is 1.71. The largest absolute Gasteiger partial charge is 0.496 e. The van der Waals surface area contributed by atoms with Crippen LogP contribution in [-0.2, 0) is 13.5 Å². The Balaban J connectivity index is 2.66. The van der Waals surface area contributed by atoms with E-state index in [0.29, 0.717) is 22.0 Å². The molecule has 1 aromatic carbocycles. The van der Waals surface area contributed by atoms with Gasteiger partial charge in [0.1, 0.15) is 5.75 Å². The molecule has 20 heavy (non-hydrogen) atoms. The standard InChI is InChI=1S/C15H13ClN2O2/c1-18-13(5-3-10(7-8-17)15(18)19)12-9-11(16)4-6-14(12)20-2/h3-6,9H,7H2,1-2H3. The van der Waals surface area contributed by atoms with Crippen LogP contribution in [0.2, 0.25) is 5.02 Å². The van der Waals surface area contributed by atoms with Crippen LogP contribution in [0, 0.1) is 11.3 Å². The highest BCUT2D eigenvalue weighted by atomic mass is 35.5. The maximum atomic E-state index is 12.2. The Hall–Kier alpha value is -2.25. The van der Waals surface area contributed by atoms with Gasteiger partial charge in [0.05, 0.1) is 25.3 Å². The Morgan fingerprint density at radius 3 is 2.75 bits per heavy atom. The van der Waals surface area contributed by atoms with Gasteiger partial charge in [0.2, 0.25) is 0 Å². The Morgan fingerprint density at radius 1 is 1.35 bits per heavy atom. The van der Waals surface area contributed by atoms with Crippen molar-refractivity contribution in [2.75, 3.05) is 7.11 Å². The third-order valence-corrected chi connectivity index (χ3v) is 3.33. The van der Waals surface area contributed by atoms with Crippen molar-refractivity contribution < 1.29 is 4.74 Å². The predicted octanol–water partition coefficient (Wildman–Crippen LogP) is 2.78. The average molecular weight is 289 g/mol. The lowest BCUT2D eigenvalue weighted by atomic mass is 10.1. The molecule has 1 heterocycles. The number of methoxy groups -OCH3 is 1. The van der Waals surface area contributed by atoms with Gasteiger partial charge in [-0.2, -0.15) is 5.26 Å². The van der Waals surface area contributed by atoms with Crippen LogP contribution in [0.5, 0.6) is 5.75 Å². The summed E-state index contributed by atoms with van der Waals surface area (Å²) >= 11 is 6.01.